The topological polar surface area (TPSA) is 52.6 Å². The van der Waals surface area contributed by atoms with Crippen LogP contribution < -0.4 is 0 Å². The molecule has 4 nitrogen and oxygen atoms in total. The molecule has 4 aliphatic rings. The van der Waals surface area contributed by atoms with E-state index in [9.17, 15) is 9.59 Å². The molecule has 0 radical (unpaired) electrons. The number of benzene rings is 3. The molecule has 7 rings (SSSR count). The Balaban J connectivity index is 1.17. The Kier molecular flexibility index (Phi) is 6.05. The van der Waals surface area contributed by atoms with Gasteiger partial charge in [0.25, 0.3) is 0 Å². The Labute approximate surface area is 219 Å². The number of carbonyl (C=O) groups is 2. The lowest BCUT2D eigenvalue weighted by atomic mass is 9.50. The highest BCUT2D eigenvalue weighted by atomic mass is 16.6. The largest absolute Gasteiger partial charge is 0.462 e. The molecule has 1 atom stereocenters. The van der Waals surface area contributed by atoms with Crippen molar-refractivity contribution in [2.24, 2.45) is 35.5 Å². The zero-order valence-corrected chi connectivity index (χ0v) is 22.4. The molecule has 0 heterocycles. The smallest absolute Gasteiger partial charge is 0.310 e. The number of fused-ring (bicyclic) bond motifs is 2. The normalized spacial score (nSPS) is 29.4. The standard InChI is InChI=1S/C33H38O4/c1-5-19(2)31(34)36-30-26-14-24-15-27(30)17-25(16-26)29(24)32(35)37-33(3,4)28-11-10-22-12-20-8-6-7-9-21(20)13-23(22)18-28/h6-13,18-19,24-27,29-30H,5,14-17H2,1-4H3. The number of carbonyl (C=O) groups excluding carboxylic acids is 2. The monoisotopic (exact) mass is 498 g/mol. The van der Waals surface area contributed by atoms with Gasteiger partial charge in [-0.15, -0.1) is 0 Å². The van der Waals surface area contributed by atoms with Gasteiger partial charge in [-0.05, 0) is 115 Å². The van der Waals surface area contributed by atoms with Crippen molar-refractivity contribution in [1.29, 1.82) is 0 Å². The predicted molar refractivity (Wildman–Crippen MR) is 146 cm³/mol. The van der Waals surface area contributed by atoms with Gasteiger partial charge in [0.05, 0.1) is 11.8 Å². The van der Waals surface area contributed by atoms with Crippen molar-refractivity contribution < 1.29 is 19.1 Å². The van der Waals surface area contributed by atoms with Crippen LogP contribution in [0.25, 0.3) is 21.5 Å². The third-order valence-electron chi connectivity index (χ3n) is 9.66. The molecule has 4 fully saturated rings. The molecule has 4 saturated carbocycles. The van der Waals surface area contributed by atoms with E-state index in [1.807, 2.05) is 27.7 Å². The number of ether oxygens (including phenoxy) is 2. The first kappa shape index (κ1) is 24.5. The molecule has 0 aliphatic heterocycles. The van der Waals surface area contributed by atoms with Gasteiger partial charge in [-0.25, -0.2) is 0 Å². The zero-order chi connectivity index (χ0) is 25.9. The summed E-state index contributed by atoms with van der Waals surface area (Å²) in [7, 11) is 0. The van der Waals surface area contributed by atoms with Gasteiger partial charge < -0.3 is 9.47 Å². The number of rotatable bonds is 6. The van der Waals surface area contributed by atoms with E-state index in [-0.39, 0.29) is 29.9 Å². The molecule has 0 aromatic heterocycles. The van der Waals surface area contributed by atoms with Gasteiger partial charge in [0.1, 0.15) is 11.7 Å². The fourth-order valence-corrected chi connectivity index (χ4v) is 7.52. The van der Waals surface area contributed by atoms with Crippen molar-refractivity contribution >= 4 is 33.5 Å². The summed E-state index contributed by atoms with van der Waals surface area (Å²) >= 11 is 0. The Hall–Kier alpha value is -2.88. The Bertz CT molecular complexity index is 1320. The van der Waals surface area contributed by atoms with Crippen LogP contribution in [0.1, 0.15) is 65.4 Å². The first-order valence-corrected chi connectivity index (χ1v) is 14.1. The lowest BCUT2D eigenvalue weighted by Crippen LogP contribution is -2.56. The van der Waals surface area contributed by atoms with E-state index in [0.717, 1.165) is 43.1 Å². The van der Waals surface area contributed by atoms with E-state index in [0.29, 0.717) is 23.7 Å². The fraction of sp³-hybridized carbons (Fsp3) is 0.515. The van der Waals surface area contributed by atoms with Crippen LogP contribution in [0.15, 0.2) is 54.6 Å². The van der Waals surface area contributed by atoms with Crippen molar-refractivity contribution in [3.63, 3.8) is 0 Å². The minimum Gasteiger partial charge on any atom is -0.462 e. The Morgan fingerprint density at radius 2 is 1.41 bits per heavy atom. The summed E-state index contributed by atoms with van der Waals surface area (Å²) in [5.41, 5.74) is 0.310. The minimum absolute atomic E-state index is 0.0380. The number of hydrogen-bond acceptors (Lipinski definition) is 4. The van der Waals surface area contributed by atoms with Crippen LogP contribution in [0.5, 0.6) is 0 Å². The first-order chi connectivity index (χ1) is 17.7. The highest BCUT2D eigenvalue weighted by Gasteiger charge is 2.57. The molecule has 0 saturated heterocycles. The third kappa shape index (κ3) is 4.32. The second-order valence-corrected chi connectivity index (χ2v) is 12.4. The molecule has 0 spiro atoms. The average molecular weight is 499 g/mol. The summed E-state index contributed by atoms with van der Waals surface area (Å²) in [6.45, 7) is 7.99. The SMILES string of the molecule is CCC(C)C(=O)OC1C2CC3CC1CC(C2)C3C(=O)OC(C)(C)c1ccc2cc3ccccc3cc2c1. The molecule has 37 heavy (non-hydrogen) atoms. The van der Waals surface area contributed by atoms with E-state index in [1.165, 1.54) is 16.2 Å². The van der Waals surface area contributed by atoms with E-state index in [2.05, 4.69) is 54.6 Å². The molecule has 4 heteroatoms. The van der Waals surface area contributed by atoms with E-state index < -0.39 is 5.60 Å². The van der Waals surface area contributed by atoms with Gasteiger partial charge in [0.15, 0.2) is 0 Å². The number of hydrogen-bond donors (Lipinski definition) is 0. The van der Waals surface area contributed by atoms with Crippen LogP contribution in [0.2, 0.25) is 0 Å². The maximum absolute atomic E-state index is 13.6. The average Bonchev–Trinajstić information content (AvgIpc) is 2.87. The Morgan fingerprint density at radius 1 is 0.838 bits per heavy atom. The third-order valence-corrected chi connectivity index (χ3v) is 9.66. The fourth-order valence-electron chi connectivity index (χ4n) is 7.52. The van der Waals surface area contributed by atoms with E-state index in [1.54, 1.807) is 0 Å². The summed E-state index contributed by atoms with van der Waals surface area (Å²) in [4.78, 5) is 26.1. The molecule has 0 N–H and O–H groups in total. The zero-order valence-electron chi connectivity index (χ0n) is 22.4. The quantitative estimate of drug-likeness (QED) is 0.262. The van der Waals surface area contributed by atoms with Crippen molar-refractivity contribution in [1.82, 2.24) is 0 Å². The first-order valence-electron chi connectivity index (χ1n) is 14.1. The maximum atomic E-state index is 13.6. The molecule has 4 aliphatic carbocycles. The second-order valence-electron chi connectivity index (χ2n) is 12.4. The second kappa shape index (κ2) is 9.15. The highest BCUT2D eigenvalue weighted by Crippen LogP contribution is 2.58. The molecule has 1 unspecified atom stereocenters. The summed E-state index contributed by atoms with van der Waals surface area (Å²) < 4.78 is 12.3. The van der Waals surface area contributed by atoms with Gasteiger partial charge in [0.2, 0.25) is 0 Å². The van der Waals surface area contributed by atoms with Gasteiger partial charge in [-0.3, -0.25) is 9.59 Å². The predicted octanol–water partition coefficient (Wildman–Crippen LogP) is 7.41. The lowest BCUT2D eigenvalue weighted by Gasteiger charge is -2.56. The van der Waals surface area contributed by atoms with Crippen LogP contribution >= 0.6 is 0 Å². The molecule has 4 bridgehead atoms. The van der Waals surface area contributed by atoms with E-state index >= 15 is 0 Å². The summed E-state index contributed by atoms with van der Waals surface area (Å²) in [5.74, 6) is 1.27. The van der Waals surface area contributed by atoms with E-state index in [4.69, 9.17) is 9.47 Å². The van der Waals surface area contributed by atoms with Crippen LogP contribution in [0, 0.1) is 35.5 Å². The summed E-state index contributed by atoms with van der Waals surface area (Å²) in [6, 6.07) is 19.2. The highest BCUT2D eigenvalue weighted by molar-refractivity contribution is 5.98. The van der Waals surface area contributed by atoms with Gasteiger partial charge in [-0.1, -0.05) is 50.2 Å². The van der Waals surface area contributed by atoms with Crippen LogP contribution in [-0.2, 0) is 24.7 Å². The van der Waals surface area contributed by atoms with Crippen molar-refractivity contribution in [2.75, 3.05) is 0 Å². The van der Waals surface area contributed by atoms with Crippen molar-refractivity contribution in [3.05, 3.63) is 60.2 Å². The van der Waals surface area contributed by atoms with Crippen LogP contribution in [-0.4, -0.2) is 18.0 Å². The summed E-state index contributed by atoms with van der Waals surface area (Å²) in [6.07, 6.45) is 4.72. The van der Waals surface area contributed by atoms with Crippen molar-refractivity contribution in [3.8, 4) is 0 Å². The van der Waals surface area contributed by atoms with Gasteiger partial charge >= 0.3 is 11.9 Å². The van der Waals surface area contributed by atoms with Gasteiger partial charge in [-0.2, -0.15) is 0 Å². The number of esters is 2. The molecule has 3 aromatic carbocycles. The molecule has 194 valence electrons. The molecule has 3 aromatic rings. The maximum Gasteiger partial charge on any atom is 0.310 e. The molecule has 0 amide bonds. The lowest BCUT2D eigenvalue weighted by molar-refractivity contribution is -0.195. The Morgan fingerprint density at radius 3 is 2.00 bits per heavy atom. The molecular weight excluding hydrogens is 460 g/mol. The minimum atomic E-state index is -0.708. The molecular formula is C33H38O4. The van der Waals surface area contributed by atoms with Crippen molar-refractivity contribution in [2.45, 2.75) is 71.5 Å². The van der Waals surface area contributed by atoms with Crippen LogP contribution in [0.3, 0.4) is 0 Å². The summed E-state index contributed by atoms with van der Waals surface area (Å²) in [5, 5.41) is 4.79. The van der Waals surface area contributed by atoms with Gasteiger partial charge in [0, 0.05) is 0 Å². The van der Waals surface area contributed by atoms with Crippen LogP contribution in [0.4, 0.5) is 0 Å².